The predicted molar refractivity (Wildman–Crippen MR) is 96.8 cm³/mol. The van der Waals surface area contributed by atoms with Crippen LogP contribution in [0.5, 0.6) is 5.75 Å². The van der Waals surface area contributed by atoms with Crippen molar-refractivity contribution in [3.63, 3.8) is 0 Å². The number of benzene rings is 1. The lowest BCUT2D eigenvalue weighted by Gasteiger charge is -2.19. The molecule has 0 bridgehead atoms. The summed E-state index contributed by atoms with van der Waals surface area (Å²) < 4.78 is 1.19. The molecular formula is C17H27IN2O. The summed E-state index contributed by atoms with van der Waals surface area (Å²) >= 11 is 2.32. The zero-order valence-corrected chi connectivity index (χ0v) is 15.4. The average Bonchev–Trinajstić information content (AvgIpc) is 2.93. The van der Waals surface area contributed by atoms with Crippen molar-refractivity contribution in [2.45, 2.75) is 39.2 Å². The first-order valence-corrected chi connectivity index (χ1v) is 9.03. The highest BCUT2D eigenvalue weighted by molar-refractivity contribution is 14.1. The smallest absolute Gasteiger partial charge is 0.123 e. The third-order valence-corrected chi connectivity index (χ3v) is 4.87. The maximum atomic E-state index is 10.1. The van der Waals surface area contributed by atoms with Gasteiger partial charge < -0.3 is 14.9 Å². The lowest BCUT2D eigenvalue weighted by Crippen LogP contribution is -2.23. The Kier molecular flexibility index (Phi) is 6.76. The van der Waals surface area contributed by atoms with Crippen molar-refractivity contribution in [3.8, 4) is 5.75 Å². The van der Waals surface area contributed by atoms with E-state index < -0.39 is 0 Å². The molecular weight excluding hydrogens is 375 g/mol. The molecule has 0 saturated carbocycles. The summed E-state index contributed by atoms with van der Waals surface area (Å²) in [6, 6.07) is 4.11. The largest absolute Gasteiger partial charge is 0.507 e. The second-order valence-corrected chi connectivity index (χ2v) is 7.47. The Morgan fingerprint density at radius 1 is 1.24 bits per heavy atom. The van der Waals surface area contributed by atoms with E-state index in [2.05, 4.69) is 45.5 Å². The molecule has 0 unspecified atom stereocenters. The summed E-state index contributed by atoms with van der Waals surface area (Å²) in [7, 11) is 2.14. The molecule has 21 heavy (non-hydrogen) atoms. The van der Waals surface area contributed by atoms with Gasteiger partial charge in [0.2, 0.25) is 0 Å². The number of phenolic OH excluding ortho intramolecular Hbond substituents is 1. The van der Waals surface area contributed by atoms with Gasteiger partial charge >= 0.3 is 0 Å². The summed E-state index contributed by atoms with van der Waals surface area (Å²) in [4.78, 5) is 4.89. The molecule has 1 saturated heterocycles. The van der Waals surface area contributed by atoms with Gasteiger partial charge in [-0.2, -0.15) is 0 Å². The SMILES string of the molecule is Cc1cc(I)cc(CN(C)CCCCN2CCCC2)c1O. The van der Waals surface area contributed by atoms with E-state index >= 15 is 0 Å². The third-order valence-electron chi connectivity index (χ3n) is 4.25. The lowest BCUT2D eigenvalue weighted by molar-refractivity contribution is 0.287. The molecule has 1 aromatic rings. The number of aromatic hydroxyl groups is 1. The van der Waals surface area contributed by atoms with Crippen molar-refractivity contribution in [2.75, 3.05) is 33.2 Å². The van der Waals surface area contributed by atoms with Gasteiger partial charge in [-0.25, -0.2) is 0 Å². The molecule has 1 fully saturated rings. The van der Waals surface area contributed by atoms with Crippen molar-refractivity contribution in [1.29, 1.82) is 0 Å². The number of hydrogen-bond donors (Lipinski definition) is 1. The molecule has 0 aromatic heterocycles. The summed E-state index contributed by atoms with van der Waals surface area (Å²) in [5.41, 5.74) is 2.01. The Morgan fingerprint density at radius 2 is 1.95 bits per heavy atom. The van der Waals surface area contributed by atoms with Crippen LogP contribution < -0.4 is 0 Å². The van der Waals surface area contributed by atoms with Crippen LogP contribution in [-0.2, 0) is 6.54 Å². The van der Waals surface area contributed by atoms with Gasteiger partial charge in [0.1, 0.15) is 5.75 Å². The molecule has 0 aliphatic carbocycles. The van der Waals surface area contributed by atoms with Crippen LogP contribution in [-0.4, -0.2) is 48.1 Å². The number of unbranched alkanes of at least 4 members (excludes halogenated alkanes) is 1. The Morgan fingerprint density at radius 3 is 2.67 bits per heavy atom. The maximum absolute atomic E-state index is 10.1. The molecule has 4 heteroatoms. The minimum absolute atomic E-state index is 0.458. The van der Waals surface area contributed by atoms with Crippen molar-refractivity contribution in [2.24, 2.45) is 0 Å². The third kappa shape index (κ3) is 5.42. The van der Waals surface area contributed by atoms with E-state index in [4.69, 9.17) is 0 Å². The van der Waals surface area contributed by atoms with E-state index in [9.17, 15) is 5.11 Å². The second kappa shape index (κ2) is 8.34. The van der Waals surface area contributed by atoms with Gasteiger partial charge in [0.25, 0.3) is 0 Å². The standard InChI is InChI=1S/C17H27IN2O/c1-14-11-16(18)12-15(17(14)21)13-19(2)7-3-4-8-20-9-5-6-10-20/h11-12,21H,3-10,13H2,1-2H3. The Balaban J connectivity index is 1.72. The van der Waals surface area contributed by atoms with Gasteiger partial charge in [-0.3, -0.25) is 0 Å². The van der Waals surface area contributed by atoms with Crippen LogP contribution in [0.3, 0.4) is 0 Å². The van der Waals surface area contributed by atoms with Crippen molar-refractivity contribution in [3.05, 3.63) is 26.8 Å². The number of likely N-dealkylation sites (tertiary alicyclic amines) is 1. The molecule has 1 heterocycles. The van der Waals surface area contributed by atoms with Gasteiger partial charge in [0.05, 0.1) is 0 Å². The fourth-order valence-electron chi connectivity index (χ4n) is 3.02. The van der Waals surface area contributed by atoms with Crippen LogP contribution >= 0.6 is 22.6 Å². The number of aryl methyl sites for hydroxylation is 1. The molecule has 118 valence electrons. The van der Waals surface area contributed by atoms with Gasteiger partial charge in [-0.05, 0) is 106 Å². The van der Waals surface area contributed by atoms with Crippen molar-refractivity contribution < 1.29 is 5.11 Å². The molecule has 1 N–H and O–H groups in total. The number of nitrogens with zero attached hydrogens (tertiary/aromatic N) is 2. The average molecular weight is 402 g/mol. The van der Waals surface area contributed by atoms with Gasteiger partial charge in [0.15, 0.2) is 0 Å². The quantitative estimate of drug-likeness (QED) is 0.558. The van der Waals surface area contributed by atoms with Gasteiger partial charge in [-0.1, -0.05) is 0 Å². The van der Waals surface area contributed by atoms with E-state index in [1.807, 2.05) is 13.0 Å². The summed E-state index contributed by atoms with van der Waals surface area (Å²) in [5.74, 6) is 0.458. The highest BCUT2D eigenvalue weighted by atomic mass is 127. The maximum Gasteiger partial charge on any atom is 0.123 e. The molecule has 1 aromatic carbocycles. The topological polar surface area (TPSA) is 26.7 Å². The van der Waals surface area contributed by atoms with Crippen LogP contribution in [0.4, 0.5) is 0 Å². The van der Waals surface area contributed by atoms with E-state index in [0.29, 0.717) is 5.75 Å². The molecule has 0 atom stereocenters. The van der Waals surface area contributed by atoms with Crippen LogP contribution in [0.25, 0.3) is 0 Å². The number of rotatable bonds is 7. The van der Waals surface area contributed by atoms with E-state index in [0.717, 1.165) is 24.2 Å². The number of hydrogen-bond acceptors (Lipinski definition) is 3. The lowest BCUT2D eigenvalue weighted by atomic mass is 10.1. The highest BCUT2D eigenvalue weighted by Gasteiger charge is 2.11. The normalized spacial score (nSPS) is 16.0. The second-order valence-electron chi connectivity index (χ2n) is 6.22. The van der Waals surface area contributed by atoms with Crippen LogP contribution in [0, 0.1) is 10.5 Å². The van der Waals surface area contributed by atoms with Crippen LogP contribution in [0.2, 0.25) is 0 Å². The van der Waals surface area contributed by atoms with E-state index in [1.54, 1.807) is 0 Å². The fourth-order valence-corrected chi connectivity index (χ4v) is 3.86. The zero-order valence-electron chi connectivity index (χ0n) is 13.2. The molecule has 1 aliphatic heterocycles. The fraction of sp³-hybridized carbons (Fsp3) is 0.647. The molecule has 0 radical (unpaired) electrons. The number of phenols is 1. The van der Waals surface area contributed by atoms with E-state index in [-0.39, 0.29) is 0 Å². The first-order chi connectivity index (χ1) is 10.1. The Labute approximate surface area is 142 Å². The molecule has 3 nitrogen and oxygen atoms in total. The van der Waals surface area contributed by atoms with Crippen LogP contribution in [0.1, 0.15) is 36.8 Å². The summed E-state index contributed by atoms with van der Waals surface area (Å²) in [5, 5.41) is 10.1. The zero-order chi connectivity index (χ0) is 15.2. The minimum Gasteiger partial charge on any atom is -0.507 e. The van der Waals surface area contributed by atoms with Crippen LogP contribution in [0.15, 0.2) is 12.1 Å². The first-order valence-electron chi connectivity index (χ1n) is 7.95. The molecule has 2 rings (SSSR count). The Bertz CT molecular complexity index is 458. The van der Waals surface area contributed by atoms with Gasteiger partial charge in [0, 0.05) is 15.7 Å². The van der Waals surface area contributed by atoms with Gasteiger partial charge in [-0.15, -0.1) is 0 Å². The van der Waals surface area contributed by atoms with E-state index in [1.165, 1.54) is 48.9 Å². The minimum atomic E-state index is 0.458. The summed E-state index contributed by atoms with van der Waals surface area (Å²) in [6.07, 6.45) is 5.27. The highest BCUT2D eigenvalue weighted by Crippen LogP contribution is 2.25. The predicted octanol–water partition coefficient (Wildman–Crippen LogP) is 3.61. The van der Waals surface area contributed by atoms with Crippen molar-refractivity contribution in [1.82, 2.24) is 9.80 Å². The monoisotopic (exact) mass is 402 g/mol. The molecule has 0 spiro atoms. The number of halogens is 1. The Hall–Kier alpha value is -0.330. The first kappa shape index (κ1) is 17.0. The summed E-state index contributed by atoms with van der Waals surface area (Å²) in [6.45, 7) is 7.74. The molecule has 0 amide bonds. The molecule has 1 aliphatic rings. The van der Waals surface area contributed by atoms with Crippen molar-refractivity contribution >= 4 is 22.6 Å².